The Balaban J connectivity index is 1.48. The molecule has 0 atom stereocenters. The molecule has 3 heterocycles. The monoisotopic (exact) mass is 336 g/mol. The number of amides is 2. The van der Waals surface area contributed by atoms with Crippen LogP contribution in [0.1, 0.15) is 4.88 Å². The van der Waals surface area contributed by atoms with Crippen LogP contribution in [0.4, 0.5) is 10.5 Å². The van der Waals surface area contributed by atoms with Gasteiger partial charge in [0, 0.05) is 43.8 Å². The number of thiophene rings is 1. The van der Waals surface area contributed by atoms with E-state index in [1.165, 1.54) is 4.88 Å². The van der Waals surface area contributed by atoms with Crippen molar-refractivity contribution in [1.29, 1.82) is 0 Å². The summed E-state index contributed by atoms with van der Waals surface area (Å²) in [6.45, 7) is 4.10. The van der Waals surface area contributed by atoms with Gasteiger partial charge in [-0.3, -0.25) is 9.88 Å². The van der Waals surface area contributed by atoms with Gasteiger partial charge in [0.15, 0.2) is 0 Å². The molecular weight excluding hydrogens is 320 g/mol. The number of pyridine rings is 1. The molecule has 0 bridgehead atoms. The minimum Gasteiger partial charge on any atom is -0.322 e. The van der Waals surface area contributed by atoms with Crippen molar-refractivity contribution in [3.63, 3.8) is 0 Å². The molecule has 3 rings (SSSR count). The summed E-state index contributed by atoms with van der Waals surface area (Å²) in [7, 11) is 0. The molecule has 2 aromatic rings. The number of piperazine rings is 1. The fourth-order valence-electron chi connectivity index (χ4n) is 2.41. The van der Waals surface area contributed by atoms with Crippen molar-refractivity contribution in [2.24, 2.45) is 0 Å². The zero-order valence-corrected chi connectivity index (χ0v) is 13.6. The van der Waals surface area contributed by atoms with Crippen LogP contribution in [0.2, 0.25) is 4.34 Å². The van der Waals surface area contributed by atoms with E-state index in [0.29, 0.717) is 0 Å². The van der Waals surface area contributed by atoms with Crippen molar-refractivity contribution < 1.29 is 4.79 Å². The highest BCUT2D eigenvalue weighted by molar-refractivity contribution is 7.16. The Morgan fingerprint density at radius 3 is 2.73 bits per heavy atom. The van der Waals surface area contributed by atoms with Crippen LogP contribution in [0.25, 0.3) is 0 Å². The average Bonchev–Trinajstić information content (AvgIpc) is 2.94. The smallest absolute Gasteiger partial charge is 0.321 e. The van der Waals surface area contributed by atoms with Crippen LogP contribution in [-0.2, 0) is 6.54 Å². The van der Waals surface area contributed by atoms with Crippen molar-refractivity contribution in [3.05, 3.63) is 45.9 Å². The van der Waals surface area contributed by atoms with E-state index in [2.05, 4.69) is 21.3 Å². The number of hydrogen-bond acceptors (Lipinski definition) is 4. The van der Waals surface area contributed by atoms with Crippen molar-refractivity contribution in [2.75, 3.05) is 31.5 Å². The molecule has 0 aromatic carbocycles. The number of anilines is 1. The molecule has 2 amide bonds. The van der Waals surface area contributed by atoms with Crippen molar-refractivity contribution in [2.45, 2.75) is 6.54 Å². The highest BCUT2D eigenvalue weighted by Gasteiger charge is 2.21. The average molecular weight is 337 g/mol. The fourth-order valence-corrected chi connectivity index (χ4v) is 3.54. The lowest BCUT2D eigenvalue weighted by atomic mass is 10.3. The Bertz CT molecular complexity index is 625. The summed E-state index contributed by atoms with van der Waals surface area (Å²) in [5.74, 6) is 0. The minimum atomic E-state index is -0.0631. The van der Waals surface area contributed by atoms with Gasteiger partial charge in [0.25, 0.3) is 0 Å². The number of hydrogen-bond donors (Lipinski definition) is 1. The maximum absolute atomic E-state index is 12.2. The van der Waals surface area contributed by atoms with Crippen LogP contribution < -0.4 is 5.32 Å². The Hall–Kier alpha value is -1.63. The van der Waals surface area contributed by atoms with E-state index in [9.17, 15) is 4.79 Å². The van der Waals surface area contributed by atoms with Crippen LogP contribution >= 0.6 is 22.9 Å². The third-order valence-corrected chi connectivity index (χ3v) is 4.80. The highest BCUT2D eigenvalue weighted by atomic mass is 35.5. The third kappa shape index (κ3) is 3.97. The topological polar surface area (TPSA) is 48.5 Å². The molecule has 7 heteroatoms. The first kappa shape index (κ1) is 15.3. The molecule has 0 radical (unpaired) electrons. The van der Waals surface area contributed by atoms with Crippen LogP contribution in [-0.4, -0.2) is 47.0 Å². The van der Waals surface area contributed by atoms with Gasteiger partial charge in [0.1, 0.15) is 0 Å². The predicted molar refractivity (Wildman–Crippen MR) is 89.4 cm³/mol. The van der Waals surface area contributed by atoms with Gasteiger partial charge in [-0.05, 0) is 24.3 Å². The fraction of sp³-hybridized carbons (Fsp3) is 0.333. The molecule has 2 aromatic heterocycles. The van der Waals surface area contributed by atoms with E-state index in [0.717, 1.165) is 42.7 Å². The van der Waals surface area contributed by atoms with Crippen molar-refractivity contribution >= 4 is 34.7 Å². The van der Waals surface area contributed by atoms with Gasteiger partial charge in [-0.25, -0.2) is 4.79 Å². The molecule has 1 fully saturated rings. The Morgan fingerprint density at radius 2 is 2.09 bits per heavy atom. The van der Waals surface area contributed by atoms with E-state index in [4.69, 9.17) is 11.6 Å². The number of aromatic nitrogens is 1. The summed E-state index contributed by atoms with van der Waals surface area (Å²) >= 11 is 7.57. The second-order valence-corrected chi connectivity index (χ2v) is 6.94. The molecule has 116 valence electrons. The maximum atomic E-state index is 12.2. The van der Waals surface area contributed by atoms with Crippen LogP contribution in [0.5, 0.6) is 0 Å². The van der Waals surface area contributed by atoms with Crippen LogP contribution in [0.3, 0.4) is 0 Å². The number of rotatable bonds is 3. The molecule has 0 unspecified atom stereocenters. The lowest BCUT2D eigenvalue weighted by Gasteiger charge is -2.34. The lowest BCUT2D eigenvalue weighted by molar-refractivity contribution is 0.143. The molecule has 5 nitrogen and oxygen atoms in total. The van der Waals surface area contributed by atoms with Gasteiger partial charge >= 0.3 is 6.03 Å². The van der Waals surface area contributed by atoms with Gasteiger partial charge in [-0.2, -0.15) is 0 Å². The standard InChI is InChI=1S/C15H17ClN4OS/c16-14-4-3-13(22-14)11-19-6-8-20(9-7-19)15(21)18-12-2-1-5-17-10-12/h1-5,10H,6-9,11H2,(H,18,21). The molecule has 1 N–H and O–H groups in total. The quantitative estimate of drug-likeness (QED) is 0.936. The Labute approximate surface area is 138 Å². The number of nitrogens with zero attached hydrogens (tertiary/aromatic N) is 3. The summed E-state index contributed by atoms with van der Waals surface area (Å²) in [6, 6.07) is 7.57. The zero-order valence-electron chi connectivity index (χ0n) is 12.0. The van der Waals surface area contributed by atoms with Crippen molar-refractivity contribution in [3.8, 4) is 0 Å². The number of halogens is 1. The largest absolute Gasteiger partial charge is 0.322 e. The van der Waals surface area contributed by atoms with E-state index in [1.807, 2.05) is 17.0 Å². The van der Waals surface area contributed by atoms with E-state index in [-0.39, 0.29) is 6.03 Å². The first-order valence-electron chi connectivity index (χ1n) is 7.13. The molecule has 1 saturated heterocycles. The number of urea groups is 1. The highest BCUT2D eigenvalue weighted by Crippen LogP contribution is 2.23. The van der Waals surface area contributed by atoms with Crippen molar-refractivity contribution in [1.82, 2.24) is 14.8 Å². The summed E-state index contributed by atoms with van der Waals surface area (Å²) in [4.78, 5) is 21.6. The second kappa shape index (κ2) is 7.09. The molecule has 22 heavy (non-hydrogen) atoms. The molecule has 0 spiro atoms. The van der Waals surface area contributed by atoms with Gasteiger partial charge in [-0.15, -0.1) is 11.3 Å². The van der Waals surface area contributed by atoms with Gasteiger partial charge < -0.3 is 10.2 Å². The molecule has 0 saturated carbocycles. The molecule has 0 aliphatic carbocycles. The predicted octanol–water partition coefficient (Wildman–Crippen LogP) is 3.15. The van der Waals surface area contributed by atoms with Gasteiger partial charge in [0.2, 0.25) is 0 Å². The third-order valence-electron chi connectivity index (χ3n) is 3.58. The normalized spacial score (nSPS) is 15.8. The van der Waals surface area contributed by atoms with E-state index in [1.54, 1.807) is 29.8 Å². The summed E-state index contributed by atoms with van der Waals surface area (Å²) < 4.78 is 0.824. The number of nitrogens with one attached hydrogen (secondary N) is 1. The maximum Gasteiger partial charge on any atom is 0.321 e. The zero-order chi connectivity index (χ0) is 15.4. The summed E-state index contributed by atoms with van der Waals surface area (Å²) in [5, 5.41) is 2.87. The second-order valence-electron chi connectivity index (χ2n) is 5.14. The van der Waals surface area contributed by atoms with Crippen LogP contribution in [0.15, 0.2) is 36.7 Å². The Morgan fingerprint density at radius 1 is 1.27 bits per heavy atom. The van der Waals surface area contributed by atoms with E-state index < -0.39 is 0 Å². The minimum absolute atomic E-state index is 0.0631. The first-order valence-corrected chi connectivity index (χ1v) is 8.33. The summed E-state index contributed by atoms with van der Waals surface area (Å²) in [6.07, 6.45) is 3.33. The summed E-state index contributed by atoms with van der Waals surface area (Å²) in [5.41, 5.74) is 0.725. The Kier molecular flexibility index (Phi) is 4.92. The number of carbonyl (C=O) groups excluding carboxylic acids is 1. The van der Waals surface area contributed by atoms with Crippen LogP contribution in [0, 0.1) is 0 Å². The lowest BCUT2D eigenvalue weighted by Crippen LogP contribution is -2.49. The molecule has 1 aliphatic heterocycles. The first-order chi connectivity index (χ1) is 10.7. The SMILES string of the molecule is O=C(Nc1cccnc1)N1CCN(Cc2ccc(Cl)s2)CC1. The molecular formula is C15H17ClN4OS. The van der Waals surface area contributed by atoms with E-state index >= 15 is 0 Å². The molecule has 1 aliphatic rings. The van der Waals surface area contributed by atoms with Gasteiger partial charge in [0.05, 0.1) is 16.2 Å². The number of carbonyl (C=O) groups is 1. The van der Waals surface area contributed by atoms with Gasteiger partial charge in [-0.1, -0.05) is 11.6 Å².